The fourth-order valence-electron chi connectivity index (χ4n) is 1.34. The van der Waals surface area contributed by atoms with Gasteiger partial charge in [-0.1, -0.05) is 0 Å². The smallest absolute Gasteiger partial charge is 0.191 e. The predicted molar refractivity (Wildman–Crippen MR) is 53.6 cm³/mol. The zero-order valence-corrected chi connectivity index (χ0v) is 8.11. The standard InChI is InChI=1S/C10H11N3O/c1-6-10(13-7(2)14-6)8-3-4-9(11)12-5-8/h3-5H,1-2H3,(H2,11,12). The molecule has 14 heavy (non-hydrogen) atoms. The Morgan fingerprint density at radius 2 is 2.07 bits per heavy atom. The molecule has 0 spiro atoms. The van der Waals surface area contributed by atoms with Crippen molar-refractivity contribution in [1.82, 2.24) is 9.97 Å². The molecule has 2 rings (SSSR count). The van der Waals surface area contributed by atoms with Gasteiger partial charge >= 0.3 is 0 Å². The van der Waals surface area contributed by atoms with Gasteiger partial charge in [0.1, 0.15) is 17.3 Å². The van der Waals surface area contributed by atoms with Crippen LogP contribution >= 0.6 is 0 Å². The SMILES string of the molecule is Cc1nc(-c2ccc(N)nc2)c(C)o1. The monoisotopic (exact) mass is 189 g/mol. The molecular weight excluding hydrogens is 178 g/mol. The van der Waals surface area contributed by atoms with Gasteiger partial charge in [0.05, 0.1) is 0 Å². The Hall–Kier alpha value is -1.84. The Bertz CT molecular complexity index is 445. The van der Waals surface area contributed by atoms with Crippen molar-refractivity contribution < 1.29 is 4.42 Å². The molecule has 0 fully saturated rings. The van der Waals surface area contributed by atoms with Crippen LogP contribution in [0.15, 0.2) is 22.7 Å². The summed E-state index contributed by atoms with van der Waals surface area (Å²) >= 11 is 0. The van der Waals surface area contributed by atoms with Crippen molar-refractivity contribution in [3.63, 3.8) is 0 Å². The second-order valence-electron chi connectivity index (χ2n) is 3.11. The lowest BCUT2D eigenvalue weighted by Crippen LogP contribution is -1.89. The minimum atomic E-state index is 0.506. The van der Waals surface area contributed by atoms with Crippen LogP contribution in [-0.4, -0.2) is 9.97 Å². The van der Waals surface area contributed by atoms with Crippen LogP contribution in [-0.2, 0) is 0 Å². The summed E-state index contributed by atoms with van der Waals surface area (Å²) in [4.78, 5) is 8.26. The number of hydrogen-bond acceptors (Lipinski definition) is 4. The van der Waals surface area contributed by atoms with Gasteiger partial charge in [0.15, 0.2) is 5.89 Å². The number of hydrogen-bond donors (Lipinski definition) is 1. The minimum Gasteiger partial charge on any atom is -0.446 e. The van der Waals surface area contributed by atoms with Gasteiger partial charge in [-0.05, 0) is 19.1 Å². The van der Waals surface area contributed by atoms with Crippen molar-refractivity contribution in [1.29, 1.82) is 0 Å². The Morgan fingerprint density at radius 3 is 2.57 bits per heavy atom. The van der Waals surface area contributed by atoms with E-state index in [4.69, 9.17) is 10.2 Å². The highest BCUT2D eigenvalue weighted by Crippen LogP contribution is 2.22. The first-order chi connectivity index (χ1) is 6.66. The number of nitrogens with two attached hydrogens (primary N) is 1. The Kier molecular flexibility index (Phi) is 1.96. The number of rotatable bonds is 1. The zero-order valence-electron chi connectivity index (χ0n) is 8.11. The molecule has 0 amide bonds. The van der Waals surface area contributed by atoms with Crippen LogP contribution in [0.4, 0.5) is 5.82 Å². The van der Waals surface area contributed by atoms with E-state index in [1.807, 2.05) is 19.9 Å². The van der Waals surface area contributed by atoms with Gasteiger partial charge in [0, 0.05) is 18.7 Å². The molecule has 2 aromatic rings. The topological polar surface area (TPSA) is 64.9 Å². The van der Waals surface area contributed by atoms with Gasteiger partial charge in [0.25, 0.3) is 0 Å². The molecule has 4 heteroatoms. The molecule has 2 N–H and O–H groups in total. The highest BCUT2D eigenvalue weighted by atomic mass is 16.4. The van der Waals surface area contributed by atoms with E-state index in [0.29, 0.717) is 11.7 Å². The average Bonchev–Trinajstić information content (AvgIpc) is 2.47. The van der Waals surface area contributed by atoms with E-state index in [-0.39, 0.29) is 0 Å². The van der Waals surface area contributed by atoms with E-state index < -0.39 is 0 Å². The molecule has 0 aromatic carbocycles. The first-order valence-corrected chi connectivity index (χ1v) is 4.33. The molecular formula is C10H11N3O. The molecule has 0 unspecified atom stereocenters. The maximum atomic E-state index is 5.49. The summed E-state index contributed by atoms with van der Waals surface area (Å²) in [6.45, 7) is 3.70. The summed E-state index contributed by atoms with van der Waals surface area (Å²) in [6, 6.07) is 3.63. The molecule has 0 aliphatic rings. The molecule has 0 atom stereocenters. The summed E-state index contributed by atoms with van der Waals surface area (Å²) in [7, 11) is 0. The minimum absolute atomic E-state index is 0.506. The van der Waals surface area contributed by atoms with E-state index in [2.05, 4.69) is 9.97 Å². The van der Waals surface area contributed by atoms with Gasteiger partial charge in [-0.15, -0.1) is 0 Å². The first-order valence-electron chi connectivity index (χ1n) is 4.33. The highest BCUT2D eigenvalue weighted by Gasteiger charge is 2.08. The number of aromatic nitrogens is 2. The molecule has 0 saturated heterocycles. The molecule has 2 aromatic heterocycles. The van der Waals surface area contributed by atoms with Gasteiger partial charge in [-0.25, -0.2) is 9.97 Å². The summed E-state index contributed by atoms with van der Waals surface area (Å²) in [6.07, 6.45) is 1.69. The van der Waals surface area contributed by atoms with Crippen molar-refractivity contribution in [3.05, 3.63) is 30.0 Å². The predicted octanol–water partition coefficient (Wildman–Crippen LogP) is 1.94. The summed E-state index contributed by atoms with van der Waals surface area (Å²) in [5.74, 6) is 1.97. The summed E-state index contributed by atoms with van der Waals surface area (Å²) in [5, 5.41) is 0. The molecule has 0 saturated carbocycles. The van der Waals surface area contributed by atoms with Gasteiger partial charge in [-0.2, -0.15) is 0 Å². The first kappa shape index (κ1) is 8.74. The normalized spacial score (nSPS) is 10.4. The second-order valence-corrected chi connectivity index (χ2v) is 3.11. The molecule has 0 aliphatic heterocycles. The van der Waals surface area contributed by atoms with Crippen LogP contribution < -0.4 is 5.73 Å². The maximum Gasteiger partial charge on any atom is 0.191 e. The fraction of sp³-hybridized carbons (Fsp3) is 0.200. The van der Waals surface area contributed by atoms with Crippen LogP contribution in [0, 0.1) is 13.8 Å². The van der Waals surface area contributed by atoms with Crippen LogP contribution in [0.1, 0.15) is 11.7 Å². The maximum absolute atomic E-state index is 5.49. The largest absolute Gasteiger partial charge is 0.446 e. The number of pyridine rings is 1. The van der Waals surface area contributed by atoms with Crippen molar-refractivity contribution >= 4 is 5.82 Å². The zero-order chi connectivity index (χ0) is 10.1. The van der Waals surface area contributed by atoms with Crippen LogP contribution in [0.3, 0.4) is 0 Å². The van der Waals surface area contributed by atoms with Crippen molar-refractivity contribution in [3.8, 4) is 11.3 Å². The molecule has 72 valence electrons. The van der Waals surface area contributed by atoms with Crippen molar-refractivity contribution in [2.45, 2.75) is 13.8 Å². The second kappa shape index (κ2) is 3.14. The Labute approximate surface area is 81.8 Å². The Morgan fingerprint density at radius 1 is 1.29 bits per heavy atom. The van der Waals surface area contributed by atoms with E-state index in [0.717, 1.165) is 17.0 Å². The number of aryl methyl sites for hydroxylation is 2. The fourth-order valence-corrected chi connectivity index (χ4v) is 1.34. The molecule has 0 aliphatic carbocycles. The van der Waals surface area contributed by atoms with Crippen LogP contribution in [0.2, 0.25) is 0 Å². The summed E-state index contributed by atoms with van der Waals surface area (Å²) < 4.78 is 5.33. The van der Waals surface area contributed by atoms with Crippen LogP contribution in [0.5, 0.6) is 0 Å². The lowest BCUT2D eigenvalue weighted by atomic mass is 10.2. The van der Waals surface area contributed by atoms with E-state index in [1.165, 1.54) is 0 Å². The third-order valence-electron chi connectivity index (χ3n) is 1.96. The third kappa shape index (κ3) is 1.46. The van der Waals surface area contributed by atoms with Crippen molar-refractivity contribution in [2.75, 3.05) is 5.73 Å². The number of oxazole rings is 1. The van der Waals surface area contributed by atoms with Gasteiger partial charge in [-0.3, -0.25) is 0 Å². The molecule has 0 radical (unpaired) electrons. The van der Waals surface area contributed by atoms with Crippen molar-refractivity contribution in [2.24, 2.45) is 0 Å². The third-order valence-corrected chi connectivity index (χ3v) is 1.96. The lowest BCUT2D eigenvalue weighted by molar-refractivity contribution is 0.495. The Balaban J connectivity index is 2.49. The van der Waals surface area contributed by atoms with E-state index in [9.17, 15) is 0 Å². The van der Waals surface area contributed by atoms with Gasteiger partial charge < -0.3 is 10.2 Å². The average molecular weight is 189 g/mol. The summed E-state index contributed by atoms with van der Waals surface area (Å²) in [5.41, 5.74) is 7.25. The number of anilines is 1. The number of nitrogen functional groups attached to an aromatic ring is 1. The van der Waals surface area contributed by atoms with E-state index in [1.54, 1.807) is 12.3 Å². The van der Waals surface area contributed by atoms with E-state index >= 15 is 0 Å². The van der Waals surface area contributed by atoms with Gasteiger partial charge in [0.2, 0.25) is 0 Å². The molecule has 2 heterocycles. The molecule has 4 nitrogen and oxygen atoms in total. The molecule has 0 bridgehead atoms. The highest BCUT2D eigenvalue weighted by molar-refractivity contribution is 5.61. The quantitative estimate of drug-likeness (QED) is 0.744. The van der Waals surface area contributed by atoms with Crippen LogP contribution in [0.25, 0.3) is 11.3 Å². The number of nitrogens with zero attached hydrogens (tertiary/aromatic N) is 2. The lowest BCUT2D eigenvalue weighted by Gasteiger charge is -1.96.